The minimum atomic E-state index is -0.277. The van der Waals surface area contributed by atoms with Crippen LogP contribution in [0, 0.1) is 25.2 Å². The van der Waals surface area contributed by atoms with Crippen LogP contribution >= 0.6 is 11.8 Å². The third-order valence-electron chi connectivity index (χ3n) is 5.12. The fraction of sp³-hybridized carbons (Fsp3) is 0.182. The third-order valence-corrected chi connectivity index (χ3v) is 6.06. The molecule has 3 aromatic heterocycles. The molecule has 4 rings (SSSR count). The van der Waals surface area contributed by atoms with Crippen molar-refractivity contribution in [3.8, 4) is 17.7 Å². The molecule has 3 heterocycles. The van der Waals surface area contributed by atoms with Gasteiger partial charge in [-0.05, 0) is 37.1 Å². The lowest BCUT2D eigenvalue weighted by Gasteiger charge is -2.13. The van der Waals surface area contributed by atoms with Crippen LogP contribution in [0.15, 0.2) is 58.3 Å². The fourth-order valence-electron chi connectivity index (χ4n) is 3.34. The smallest absolute Gasteiger partial charge is 0.235 e. The summed E-state index contributed by atoms with van der Waals surface area (Å²) in [6.45, 7) is 4.37. The van der Waals surface area contributed by atoms with Crippen molar-refractivity contribution in [2.24, 2.45) is 0 Å². The van der Waals surface area contributed by atoms with Crippen LogP contribution in [0.4, 0.5) is 5.82 Å². The van der Waals surface area contributed by atoms with E-state index in [1.54, 1.807) is 12.1 Å². The Balaban J connectivity index is 1.51. The molecule has 1 aromatic carbocycles. The number of anilines is 1. The highest BCUT2D eigenvalue weighted by Crippen LogP contribution is 2.28. The van der Waals surface area contributed by atoms with Crippen LogP contribution in [0.2, 0.25) is 0 Å². The average molecular weight is 448 g/mol. The molecule has 9 nitrogen and oxygen atoms in total. The Labute approximate surface area is 188 Å². The number of hydrogen-bond acceptors (Lipinski definition) is 7. The summed E-state index contributed by atoms with van der Waals surface area (Å²) in [5.41, 5.74) is 3.30. The molecule has 0 aliphatic heterocycles. The van der Waals surface area contributed by atoms with Crippen molar-refractivity contribution in [2.75, 3.05) is 16.9 Å². The molecule has 0 saturated carbocycles. The largest absolute Gasteiger partial charge is 0.461 e. The molecular weight excluding hydrogens is 426 g/mol. The predicted molar refractivity (Wildman–Crippen MR) is 121 cm³/mol. The quantitative estimate of drug-likeness (QED) is 0.328. The van der Waals surface area contributed by atoms with Gasteiger partial charge >= 0.3 is 0 Å². The number of carbonyl (C=O) groups excluding carboxylic acids is 1. The zero-order valence-electron chi connectivity index (χ0n) is 17.6. The summed E-state index contributed by atoms with van der Waals surface area (Å²) >= 11 is 1.15. The van der Waals surface area contributed by atoms with Gasteiger partial charge in [0.2, 0.25) is 16.9 Å². The molecule has 0 unspecified atom stereocenters. The van der Waals surface area contributed by atoms with E-state index in [-0.39, 0.29) is 11.7 Å². The molecule has 0 atom stereocenters. The Kier molecular flexibility index (Phi) is 6.00. The second kappa shape index (κ2) is 9.03. The Morgan fingerprint density at radius 3 is 2.69 bits per heavy atom. The van der Waals surface area contributed by atoms with E-state index in [0.29, 0.717) is 34.7 Å². The predicted octanol–water partition coefficient (Wildman–Crippen LogP) is 3.32. The maximum absolute atomic E-state index is 12.8. The summed E-state index contributed by atoms with van der Waals surface area (Å²) in [5.74, 6) is 7.16. The number of carbonyl (C=O) groups is 1. The second-order valence-corrected chi connectivity index (χ2v) is 8.05. The van der Waals surface area contributed by atoms with Gasteiger partial charge < -0.3 is 20.1 Å². The number of aromatic nitrogens is 4. The van der Waals surface area contributed by atoms with Crippen molar-refractivity contribution >= 4 is 23.5 Å². The Hall–Kier alpha value is -3.97. The number of furan rings is 1. The third kappa shape index (κ3) is 4.10. The molecule has 0 fully saturated rings. The van der Waals surface area contributed by atoms with Gasteiger partial charge in [0.25, 0.3) is 0 Å². The highest BCUT2D eigenvalue weighted by atomic mass is 32.2. The van der Waals surface area contributed by atoms with Gasteiger partial charge in [0, 0.05) is 12.2 Å². The van der Waals surface area contributed by atoms with Gasteiger partial charge in [-0.15, -0.1) is 10.2 Å². The number of nitrogen functional groups attached to an aromatic ring is 1. The monoisotopic (exact) mass is 447 g/mol. The van der Waals surface area contributed by atoms with Gasteiger partial charge in [-0.25, -0.2) is 4.68 Å². The molecular formula is C22H21N7O2S. The normalized spacial score (nSPS) is 10.8. The molecule has 0 bridgehead atoms. The molecule has 0 radical (unpaired) electrons. The minimum absolute atomic E-state index is 0.0486. The van der Waals surface area contributed by atoms with Crippen LogP contribution in [-0.2, 0) is 11.3 Å². The van der Waals surface area contributed by atoms with E-state index in [1.807, 2.05) is 48.7 Å². The first kappa shape index (κ1) is 21.3. The molecule has 162 valence electrons. The molecule has 3 N–H and O–H groups in total. The van der Waals surface area contributed by atoms with Crippen molar-refractivity contribution in [2.45, 2.75) is 25.5 Å². The molecule has 0 aliphatic carbocycles. The van der Waals surface area contributed by atoms with Crippen molar-refractivity contribution in [3.05, 3.63) is 71.1 Å². The maximum Gasteiger partial charge on any atom is 0.235 e. The number of nitrogens with two attached hydrogens (primary N) is 1. The van der Waals surface area contributed by atoms with Gasteiger partial charge in [0.15, 0.2) is 5.76 Å². The first-order chi connectivity index (χ1) is 15.5. The van der Waals surface area contributed by atoms with Gasteiger partial charge in [-0.3, -0.25) is 4.79 Å². The molecule has 4 aromatic rings. The number of nitriles is 1. The summed E-state index contributed by atoms with van der Waals surface area (Å²) in [6.07, 6.45) is 1.52. The number of hydrogen-bond donors (Lipinski definition) is 2. The zero-order chi connectivity index (χ0) is 22.7. The summed E-state index contributed by atoms with van der Waals surface area (Å²) in [4.78, 5) is 12.8. The van der Waals surface area contributed by atoms with E-state index >= 15 is 0 Å². The van der Waals surface area contributed by atoms with E-state index in [1.165, 1.54) is 10.9 Å². The summed E-state index contributed by atoms with van der Waals surface area (Å²) < 4.78 is 8.53. The first-order valence-electron chi connectivity index (χ1n) is 9.80. The highest BCUT2D eigenvalue weighted by Gasteiger charge is 2.21. The van der Waals surface area contributed by atoms with Crippen LogP contribution in [0.25, 0.3) is 11.6 Å². The van der Waals surface area contributed by atoms with Gasteiger partial charge in [0.05, 0.1) is 17.6 Å². The maximum atomic E-state index is 12.8. The van der Waals surface area contributed by atoms with E-state index < -0.39 is 0 Å². The van der Waals surface area contributed by atoms with Crippen LogP contribution in [0.5, 0.6) is 0 Å². The highest BCUT2D eigenvalue weighted by molar-refractivity contribution is 7.99. The number of benzene rings is 1. The Morgan fingerprint density at radius 2 is 2.00 bits per heavy atom. The van der Waals surface area contributed by atoms with Crippen LogP contribution in [0.3, 0.4) is 0 Å². The van der Waals surface area contributed by atoms with Crippen molar-refractivity contribution in [3.63, 3.8) is 0 Å². The summed E-state index contributed by atoms with van der Waals surface area (Å²) in [6, 6.07) is 15.6. The molecule has 0 saturated heterocycles. The summed E-state index contributed by atoms with van der Waals surface area (Å²) in [7, 11) is 0. The number of rotatable bonds is 7. The SMILES string of the molecule is Cc1c(C#N)c(NC(=O)CSc2nnc(-c3ccco3)n2N)n(Cc2ccccc2)c1C. The number of nitrogens with zero attached hydrogens (tertiary/aromatic N) is 5. The van der Waals surface area contributed by atoms with Crippen molar-refractivity contribution in [1.29, 1.82) is 5.26 Å². The second-order valence-electron chi connectivity index (χ2n) is 7.11. The van der Waals surface area contributed by atoms with Gasteiger partial charge in [-0.2, -0.15) is 5.26 Å². The van der Waals surface area contributed by atoms with Crippen LogP contribution in [0.1, 0.15) is 22.4 Å². The van der Waals surface area contributed by atoms with E-state index in [0.717, 1.165) is 28.6 Å². The average Bonchev–Trinajstić information content (AvgIpc) is 3.50. The zero-order valence-corrected chi connectivity index (χ0v) is 18.4. The molecule has 0 aliphatic rings. The van der Waals surface area contributed by atoms with Crippen molar-refractivity contribution in [1.82, 2.24) is 19.4 Å². The van der Waals surface area contributed by atoms with Gasteiger partial charge in [0.1, 0.15) is 11.9 Å². The fourth-order valence-corrected chi connectivity index (χ4v) is 4.00. The van der Waals surface area contributed by atoms with E-state index in [2.05, 4.69) is 21.6 Å². The number of thioether (sulfide) groups is 1. The number of amides is 1. The van der Waals surface area contributed by atoms with E-state index in [4.69, 9.17) is 10.3 Å². The van der Waals surface area contributed by atoms with Crippen molar-refractivity contribution < 1.29 is 9.21 Å². The van der Waals surface area contributed by atoms with Crippen LogP contribution in [-0.4, -0.2) is 31.1 Å². The standard InChI is InChI=1S/C22H21N7O2S/c1-14-15(2)28(12-16-7-4-3-5-8-16)20(17(14)11-23)25-19(30)13-32-22-27-26-21(29(22)24)18-9-6-10-31-18/h3-10H,12-13,24H2,1-2H3,(H,25,30). The Morgan fingerprint density at radius 1 is 1.22 bits per heavy atom. The summed E-state index contributed by atoms with van der Waals surface area (Å²) in [5, 5.41) is 21.0. The Bertz CT molecular complexity index is 1280. The lowest BCUT2D eigenvalue weighted by molar-refractivity contribution is -0.113. The first-order valence-corrected chi connectivity index (χ1v) is 10.8. The number of nitrogens with one attached hydrogen (secondary N) is 1. The topological polar surface area (TPSA) is 128 Å². The minimum Gasteiger partial charge on any atom is -0.461 e. The molecule has 0 spiro atoms. The van der Waals surface area contributed by atoms with Gasteiger partial charge in [-0.1, -0.05) is 42.1 Å². The molecule has 32 heavy (non-hydrogen) atoms. The molecule has 1 amide bonds. The van der Waals surface area contributed by atoms with E-state index in [9.17, 15) is 10.1 Å². The lowest BCUT2D eigenvalue weighted by Crippen LogP contribution is -2.19. The lowest BCUT2D eigenvalue weighted by atomic mass is 10.2. The van der Waals surface area contributed by atoms with Crippen LogP contribution < -0.4 is 11.2 Å². The molecule has 10 heteroatoms.